The van der Waals surface area contributed by atoms with E-state index in [0.717, 1.165) is 5.56 Å². The molecule has 2 rings (SSSR count). The summed E-state index contributed by atoms with van der Waals surface area (Å²) in [4.78, 5) is 12.4. The van der Waals surface area contributed by atoms with E-state index in [2.05, 4.69) is 6.58 Å². The molecule has 0 unspecified atom stereocenters. The molecule has 0 saturated carbocycles. The molecule has 2 aromatic rings. The van der Waals surface area contributed by atoms with E-state index in [-0.39, 0.29) is 16.9 Å². The summed E-state index contributed by atoms with van der Waals surface area (Å²) >= 11 is 0. The Hall–Kier alpha value is -3.01. The first-order valence-electron chi connectivity index (χ1n) is 8.24. The Morgan fingerprint density at radius 2 is 1.73 bits per heavy atom. The van der Waals surface area contributed by atoms with Gasteiger partial charge in [-0.1, -0.05) is 26.0 Å². The van der Waals surface area contributed by atoms with Crippen LogP contribution in [0.15, 0.2) is 55.1 Å². The fourth-order valence-corrected chi connectivity index (χ4v) is 2.64. The molecule has 2 aromatic carbocycles. The van der Waals surface area contributed by atoms with E-state index in [1.54, 1.807) is 32.4 Å². The van der Waals surface area contributed by atoms with E-state index in [0.29, 0.717) is 22.6 Å². The number of aromatic hydroxyl groups is 1. The van der Waals surface area contributed by atoms with Gasteiger partial charge in [-0.05, 0) is 42.5 Å². The second-order valence-electron chi connectivity index (χ2n) is 6.43. The number of ketones is 1. The molecule has 4 nitrogen and oxygen atoms in total. The number of phenolic OH excluding ortho intramolecular Hbond substituents is 1. The number of carbonyl (C=O) groups excluding carboxylic acids is 1. The largest absolute Gasteiger partial charge is 0.508 e. The van der Waals surface area contributed by atoms with E-state index in [1.807, 2.05) is 32.1 Å². The molecule has 0 aliphatic heterocycles. The van der Waals surface area contributed by atoms with Crippen LogP contribution in [0, 0.1) is 0 Å². The van der Waals surface area contributed by atoms with Crippen molar-refractivity contribution in [2.24, 2.45) is 0 Å². The maximum atomic E-state index is 12.4. The summed E-state index contributed by atoms with van der Waals surface area (Å²) in [6, 6.07) is 9.92. The summed E-state index contributed by atoms with van der Waals surface area (Å²) in [5, 5.41) is 9.34. The van der Waals surface area contributed by atoms with Crippen LogP contribution in [0.2, 0.25) is 0 Å². The van der Waals surface area contributed by atoms with Gasteiger partial charge in [-0.15, -0.1) is 6.58 Å². The first kappa shape index (κ1) is 19.3. The number of methoxy groups -OCH3 is 2. The predicted octanol–water partition coefficient (Wildman–Crippen LogP) is 4.77. The van der Waals surface area contributed by atoms with Gasteiger partial charge in [0, 0.05) is 16.5 Å². The fraction of sp³-hybridized carbons (Fsp3) is 0.227. The third kappa shape index (κ3) is 3.97. The summed E-state index contributed by atoms with van der Waals surface area (Å²) < 4.78 is 11.1. The molecule has 136 valence electrons. The van der Waals surface area contributed by atoms with Crippen LogP contribution in [0.1, 0.15) is 35.3 Å². The molecule has 0 aliphatic carbocycles. The second-order valence-corrected chi connectivity index (χ2v) is 6.43. The quantitative estimate of drug-likeness (QED) is 0.443. The molecule has 0 amide bonds. The zero-order chi connectivity index (χ0) is 19.3. The maximum absolute atomic E-state index is 12.4. The first-order chi connectivity index (χ1) is 12.3. The SMILES string of the molecule is C=CC(C)(C)c1ccc(OC)c(C=CC(=O)c2ccc(O)cc2)c1OC. The standard InChI is InChI=1S/C22H24O4/c1-6-22(2,3)18-12-14-20(25-4)17(21(18)26-5)11-13-19(24)15-7-9-16(23)10-8-15/h6-14,23H,1H2,2-5H3. The number of benzene rings is 2. The molecule has 0 saturated heterocycles. The summed E-state index contributed by atoms with van der Waals surface area (Å²) in [6.07, 6.45) is 5.01. The first-order valence-corrected chi connectivity index (χ1v) is 8.24. The Balaban J connectivity index is 2.49. The highest BCUT2D eigenvalue weighted by atomic mass is 16.5. The molecule has 4 heteroatoms. The van der Waals surface area contributed by atoms with Crippen molar-refractivity contribution in [1.82, 2.24) is 0 Å². The number of rotatable bonds is 7. The lowest BCUT2D eigenvalue weighted by atomic mass is 9.83. The molecular formula is C22H24O4. The van der Waals surface area contributed by atoms with Gasteiger partial charge in [0.15, 0.2) is 5.78 Å². The fourth-order valence-electron chi connectivity index (χ4n) is 2.64. The molecule has 0 atom stereocenters. The second kappa shape index (κ2) is 7.91. The van der Waals surface area contributed by atoms with Crippen LogP contribution >= 0.6 is 0 Å². The van der Waals surface area contributed by atoms with Crippen molar-refractivity contribution >= 4 is 11.9 Å². The minimum absolute atomic E-state index is 0.119. The van der Waals surface area contributed by atoms with Gasteiger partial charge < -0.3 is 14.6 Å². The zero-order valence-corrected chi connectivity index (χ0v) is 15.6. The molecule has 0 aromatic heterocycles. The maximum Gasteiger partial charge on any atom is 0.185 e. The van der Waals surface area contributed by atoms with Crippen LogP contribution in [-0.2, 0) is 5.41 Å². The number of hydrogen-bond acceptors (Lipinski definition) is 4. The van der Waals surface area contributed by atoms with Gasteiger partial charge in [0.25, 0.3) is 0 Å². The molecular weight excluding hydrogens is 328 g/mol. The number of phenols is 1. The monoisotopic (exact) mass is 352 g/mol. The lowest BCUT2D eigenvalue weighted by Crippen LogP contribution is -2.15. The average molecular weight is 352 g/mol. The predicted molar refractivity (Wildman–Crippen MR) is 104 cm³/mol. The van der Waals surface area contributed by atoms with Gasteiger partial charge in [-0.3, -0.25) is 4.79 Å². The van der Waals surface area contributed by atoms with E-state index >= 15 is 0 Å². The minimum atomic E-state index is -0.304. The van der Waals surface area contributed by atoms with Crippen molar-refractivity contribution in [2.45, 2.75) is 19.3 Å². The Labute approximate surface area is 154 Å². The zero-order valence-electron chi connectivity index (χ0n) is 15.6. The summed E-state index contributed by atoms with van der Waals surface area (Å²) in [6.45, 7) is 7.98. The Morgan fingerprint density at radius 1 is 1.08 bits per heavy atom. The van der Waals surface area contributed by atoms with Crippen LogP contribution in [0.5, 0.6) is 17.2 Å². The van der Waals surface area contributed by atoms with E-state index in [9.17, 15) is 9.90 Å². The molecule has 26 heavy (non-hydrogen) atoms. The molecule has 0 aliphatic rings. The molecule has 1 N–H and O–H groups in total. The van der Waals surface area contributed by atoms with Gasteiger partial charge in [-0.2, -0.15) is 0 Å². The molecule has 0 heterocycles. The third-order valence-corrected chi connectivity index (χ3v) is 4.34. The average Bonchev–Trinajstić information content (AvgIpc) is 2.65. The molecule has 0 spiro atoms. The van der Waals surface area contributed by atoms with Crippen molar-refractivity contribution in [1.29, 1.82) is 0 Å². The van der Waals surface area contributed by atoms with Crippen molar-refractivity contribution in [3.8, 4) is 17.2 Å². The topological polar surface area (TPSA) is 55.8 Å². The Morgan fingerprint density at radius 3 is 2.27 bits per heavy atom. The lowest BCUT2D eigenvalue weighted by Gasteiger charge is -2.25. The van der Waals surface area contributed by atoms with Crippen LogP contribution in [-0.4, -0.2) is 25.1 Å². The highest BCUT2D eigenvalue weighted by Gasteiger charge is 2.24. The normalized spacial score (nSPS) is 11.4. The highest BCUT2D eigenvalue weighted by molar-refractivity contribution is 6.07. The van der Waals surface area contributed by atoms with Crippen LogP contribution < -0.4 is 9.47 Å². The van der Waals surface area contributed by atoms with Gasteiger partial charge in [0.2, 0.25) is 0 Å². The Bertz CT molecular complexity index is 830. The van der Waals surface area contributed by atoms with Gasteiger partial charge in [0.1, 0.15) is 17.2 Å². The highest BCUT2D eigenvalue weighted by Crippen LogP contribution is 2.40. The van der Waals surface area contributed by atoms with Crippen molar-refractivity contribution in [3.05, 3.63) is 71.8 Å². The smallest absolute Gasteiger partial charge is 0.185 e. The molecule has 0 radical (unpaired) electrons. The van der Waals surface area contributed by atoms with Crippen LogP contribution in [0.3, 0.4) is 0 Å². The number of hydrogen-bond donors (Lipinski definition) is 1. The van der Waals surface area contributed by atoms with Crippen LogP contribution in [0.4, 0.5) is 0 Å². The minimum Gasteiger partial charge on any atom is -0.508 e. The van der Waals surface area contributed by atoms with E-state index in [1.165, 1.54) is 18.2 Å². The Kier molecular flexibility index (Phi) is 5.88. The number of carbonyl (C=O) groups is 1. The molecule has 0 fully saturated rings. The van der Waals surface area contributed by atoms with E-state index < -0.39 is 0 Å². The number of allylic oxidation sites excluding steroid dienone is 2. The molecule has 0 bridgehead atoms. The van der Waals surface area contributed by atoms with Crippen molar-refractivity contribution < 1.29 is 19.4 Å². The van der Waals surface area contributed by atoms with Crippen molar-refractivity contribution in [2.75, 3.05) is 14.2 Å². The third-order valence-electron chi connectivity index (χ3n) is 4.34. The van der Waals surface area contributed by atoms with E-state index in [4.69, 9.17) is 9.47 Å². The summed E-state index contributed by atoms with van der Waals surface area (Å²) in [5.41, 5.74) is 1.82. The summed E-state index contributed by atoms with van der Waals surface area (Å²) in [7, 11) is 3.17. The van der Waals surface area contributed by atoms with Gasteiger partial charge in [0.05, 0.1) is 19.8 Å². The van der Waals surface area contributed by atoms with Gasteiger partial charge in [-0.25, -0.2) is 0 Å². The van der Waals surface area contributed by atoms with Gasteiger partial charge >= 0.3 is 0 Å². The lowest BCUT2D eigenvalue weighted by molar-refractivity contribution is 0.104. The number of ether oxygens (including phenoxy) is 2. The van der Waals surface area contributed by atoms with Crippen LogP contribution in [0.25, 0.3) is 6.08 Å². The van der Waals surface area contributed by atoms with Crippen molar-refractivity contribution in [3.63, 3.8) is 0 Å². The summed E-state index contributed by atoms with van der Waals surface area (Å²) in [5.74, 6) is 1.19.